The Balaban J connectivity index is 2.07. The van der Waals surface area contributed by atoms with E-state index in [0.717, 1.165) is 19.6 Å². The SMILES string of the molecule is CN(CCN1CCCC1)C(=O)c1cc(Cl)ccc1[N+](=O)[O-]. The Morgan fingerprint density at radius 3 is 2.71 bits per heavy atom. The van der Waals surface area contributed by atoms with Crippen molar-refractivity contribution in [1.82, 2.24) is 9.80 Å². The maximum Gasteiger partial charge on any atom is 0.282 e. The summed E-state index contributed by atoms with van der Waals surface area (Å²) >= 11 is 5.85. The monoisotopic (exact) mass is 311 g/mol. The Morgan fingerprint density at radius 1 is 1.43 bits per heavy atom. The lowest BCUT2D eigenvalue weighted by atomic mass is 10.1. The summed E-state index contributed by atoms with van der Waals surface area (Å²) in [6.45, 7) is 3.44. The van der Waals surface area contributed by atoms with Gasteiger partial charge in [0.25, 0.3) is 11.6 Å². The molecule has 0 unspecified atom stereocenters. The van der Waals surface area contributed by atoms with Gasteiger partial charge in [0.2, 0.25) is 0 Å². The maximum absolute atomic E-state index is 12.4. The van der Waals surface area contributed by atoms with E-state index < -0.39 is 4.92 Å². The molecule has 1 fully saturated rings. The molecule has 0 radical (unpaired) electrons. The van der Waals surface area contributed by atoms with Crippen molar-refractivity contribution < 1.29 is 9.72 Å². The fourth-order valence-corrected chi connectivity index (χ4v) is 2.62. The third-order valence-electron chi connectivity index (χ3n) is 3.68. The lowest BCUT2D eigenvalue weighted by Crippen LogP contribution is -2.35. The molecule has 1 saturated heterocycles. The van der Waals surface area contributed by atoms with Crippen molar-refractivity contribution in [2.45, 2.75) is 12.8 Å². The summed E-state index contributed by atoms with van der Waals surface area (Å²) in [7, 11) is 1.66. The number of carbonyl (C=O) groups excluding carboxylic acids is 1. The third kappa shape index (κ3) is 3.92. The van der Waals surface area contributed by atoms with Crippen LogP contribution in [0.2, 0.25) is 5.02 Å². The molecule has 2 rings (SSSR count). The number of nitrogens with zero attached hydrogens (tertiary/aromatic N) is 3. The fraction of sp³-hybridized carbons (Fsp3) is 0.500. The van der Waals surface area contributed by atoms with E-state index in [1.807, 2.05) is 0 Å². The third-order valence-corrected chi connectivity index (χ3v) is 3.92. The molecule has 6 nitrogen and oxygen atoms in total. The second-order valence-corrected chi connectivity index (χ2v) is 5.63. The number of nitro groups is 1. The largest absolute Gasteiger partial charge is 0.340 e. The first kappa shape index (κ1) is 15.7. The highest BCUT2D eigenvalue weighted by molar-refractivity contribution is 6.31. The van der Waals surface area contributed by atoms with Crippen molar-refractivity contribution in [3.8, 4) is 0 Å². The van der Waals surface area contributed by atoms with E-state index >= 15 is 0 Å². The van der Waals surface area contributed by atoms with Gasteiger partial charge < -0.3 is 9.80 Å². The summed E-state index contributed by atoms with van der Waals surface area (Å²) in [6, 6.07) is 4.04. The van der Waals surface area contributed by atoms with Crippen LogP contribution in [0.15, 0.2) is 18.2 Å². The Bertz CT molecular complexity index is 544. The lowest BCUT2D eigenvalue weighted by molar-refractivity contribution is -0.385. The van der Waals surface area contributed by atoms with Gasteiger partial charge in [-0.1, -0.05) is 11.6 Å². The number of halogens is 1. The second-order valence-electron chi connectivity index (χ2n) is 5.19. The number of hydrogen-bond acceptors (Lipinski definition) is 4. The summed E-state index contributed by atoms with van der Waals surface area (Å²) < 4.78 is 0. The first-order valence-corrected chi connectivity index (χ1v) is 7.28. The number of amides is 1. The van der Waals surface area contributed by atoms with Crippen molar-refractivity contribution in [1.29, 1.82) is 0 Å². The average Bonchev–Trinajstić information content (AvgIpc) is 2.96. The van der Waals surface area contributed by atoms with Crippen molar-refractivity contribution in [2.75, 3.05) is 33.2 Å². The van der Waals surface area contributed by atoms with Crippen LogP contribution in [0, 0.1) is 10.1 Å². The summed E-state index contributed by atoms with van der Waals surface area (Å²) in [5.41, 5.74) is -0.172. The van der Waals surface area contributed by atoms with Gasteiger partial charge in [0.1, 0.15) is 5.56 Å². The molecule has 0 spiro atoms. The molecule has 0 aliphatic carbocycles. The molecule has 0 saturated carbocycles. The highest BCUT2D eigenvalue weighted by Crippen LogP contribution is 2.23. The molecular weight excluding hydrogens is 294 g/mol. The minimum atomic E-state index is -0.558. The van der Waals surface area contributed by atoms with E-state index in [9.17, 15) is 14.9 Å². The minimum Gasteiger partial charge on any atom is -0.340 e. The van der Waals surface area contributed by atoms with Gasteiger partial charge in [-0.3, -0.25) is 14.9 Å². The zero-order valence-electron chi connectivity index (χ0n) is 11.9. The zero-order chi connectivity index (χ0) is 15.4. The smallest absolute Gasteiger partial charge is 0.282 e. The number of carbonyl (C=O) groups is 1. The number of nitro benzene ring substituents is 1. The highest BCUT2D eigenvalue weighted by atomic mass is 35.5. The molecule has 1 aromatic rings. The molecule has 21 heavy (non-hydrogen) atoms. The molecule has 1 aliphatic rings. The quantitative estimate of drug-likeness (QED) is 0.618. The maximum atomic E-state index is 12.4. The van der Waals surface area contributed by atoms with Gasteiger partial charge in [0.15, 0.2) is 0 Å². The molecule has 1 aromatic carbocycles. The molecular formula is C14H18ClN3O3. The number of likely N-dealkylation sites (N-methyl/N-ethyl adjacent to an activating group) is 1. The summed E-state index contributed by atoms with van der Waals surface area (Å²) in [5.74, 6) is -0.372. The standard InChI is InChI=1S/C14H18ClN3O3/c1-16(8-9-17-6-2-3-7-17)14(19)12-10-11(15)4-5-13(12)18(20)21/h4-5,10H,2-3,6-9H2,1H3. The highest BCUT2D eigenvalue weighted by Gasteiger charge is 2.23. The minimum absolute atomic E-state index is 0.0384. The molecule has 0 bridgehead atoms. The second kappa shape index (κ2) is 6.87. The number of benzene rings is 1. The number of hydrogen-bond donors (Lipinski definition) is 0. The van der Waals surface area contributed by atoms with Crippen molar-refractivity contribution >= 4 is 23.2 Å². The van der Waals surface area contributed by atoms with Crippen LogP contribution >= 0.6 is 11.6 Å². The van der Waals surface area contributed by atoms with Crippen LogP contribution in [0.1, 0.15) is 23.2 Å². The predicted molar refractivity (Wildman–Crippen MR) is 80.7 cm³/mol. The molecule has 1 heterocycles. The Labute approximate surface area is 128 Å². The normalized spacial score (nSPS) is 15.1. The fourth-order valence-electron chi connectivity index (χ4n) is 2.44. The summed E-state index contributed by atoms with van der Waals surface area (Å²) in [4.78, 5) is 26.6. The van der Waals surface area contributed by atoms with Crippen LogP contribution in [0.5, 0.6) is 0 Å². The van der Waals surface area contributed by atoms with E-state index in [1.54, 1.807) is 7.05 Å². The van der Waals surface area contributed by atoms with Gasteiger partial charge in [-0.05, 0) is 38.1 Å². The Morgan fingerprint density at radius 2 is 2.10 bits per heavy atom. The van der Waals surface area contributed by atoms with E-state index in [0.29, 0.717) is 11.6 Å². The van der Waals surface area contributed by atoms with Crippen LogP contribution in [-0.2, 0) is 0 Å². The van der Waals surface area contributed by atoms with Crippen LogP contribution in [0.4, 0.5) is 5.69 Å². The molecule has 7 heteroatoms. The van der Waals surface area contributed by atoms with E-state index in [1.165, 1.54) is 35.9 Å². The Hall–Kier alpha value is -1.66. The average molecular weight is 312 g/mol. The van der Waals surface area contributed by atoms with E-state index in [4.69, 9.17) is 11.6 Å². The van der Waals surface area contributed by atoms with Gasteiger partial charge in [-0.25, -0.2) is 0 Å². The van der Waals surface area contributed by atoms with Gasteiger partial charge in [0.05, 0.1) is 4.92 Å². The van der Waals surface area contributed by atoms with Crippen molar-refractivity contribution in [2.24, 2.45) is 0 Å². The molecule has 0 atom stereocenters. The molecule has 114 valence electrons. The summed E-state index contributed by atoms with van der Waals surface area (Å²) in [6.07, 6.45) is 2.38. The predicted octanol–water partition coefficient (Wildman–Crippen LogP) is 2.42. The van der Waals surface area contributed by atoms with Crippen LogP contribution in [0.3, 0.4) is 0 Å². The number of rotatable bonds is 5. The topological polar surface area (TPSA) is 66.7 Å². The van der Waals surface area contributed by atoms with E-state index in [-0.39, 0.29) is 17.2 Å². The molecule has 0 aromatic heterocycles. The van der Waals surface area contributed by atoms with Gasteiger partial charge >= 0.3 is 0 Å². The Kier molecular flexibility index (Phi) is 5.14. The first-order chi connectivity index (χ1) is 9.99. The lowest BCUT2D eigenvalue weighted by Gasteiger charge is -2.21. The van der Waals surface area contributed by atoms with Crippen LogP contribution < -0.4 is 0 Å². The molecule has 0 N–H and O–H groups in total. The van der Waals surface area contributed by atoms with Gasteiger partial charge in [-0.2, -0.15) is 0 Å². The summed E-state index contributed by atoms with van der Waals surface area (Å²) in [5, 5.41) is 11.3. The molecule has 1 aliphatic heterocycles. The number of likely N-dealkylation sites (tertiary alicyclic amines) is 1. The first-order valence-electron chi connectivity index (χ1n) is 6.91. The molecule has 1 amide bonds. The zero-order valence-corrected chi connectivity index (χ0v) is 12.7. The van der Waals surface area contributed by atoms with Gasteiger partial charge in [0, 0.05) is 31.2 Å². The van der Waals surface area contributed by atoms with Gasteiger partial charge in [-0.15, -0.1) is 0 Å². The van der Waals surface area contributed by atoms with Crippen molar-refractivity contribution in [3.63, 3.8) is 0 Å². The van der Waals surface area contributed by atoms with Crippen LogP contribution in [-0.4, -0.2) is 53.9 Å². The van der Waals surface area contributed by atoms with Crippen LogP contribution in [0.25, 0.3) is 0 Å². The van der Waals surface area contributed by atoms with E-state index in [2.05, 4.69) is 4.90 Å². The van der Waals surface area contributed by atoms with Crippen molar-refractivity contribution in [3.05, 3.63) is 38.9 Å².